The summed E-state index contributed by atoms with van der Waals surface area (Å²) < 4.78 is 17.6. The maximum Gasteiger partial charge on any atom is 0.348 e. The van der Waals surface area contributed by atoms with Crippen molar-refractivity contribution in [2.45, 2.75) is 89.2 Å². The molecule has 0 aromatic heterocycles. The Balaban J connectivity index is 0.00000304. The average molecular weight is 722 g/mol. The van der Waals surface area contributed by atoms with Crippen molar-refractivity contribution in [3.05, 3.63) is 11.6 Å². The van der Waals surface area contributed by atoms with Gasteiger partial charge in [-0.25, -0.2) is 9.59 Å². The molecule has 4 N–H and O–H groups in total. The van der Waals surface area contributed by atoms with Crippen molar-refractivity contribution < 1.29 is 93.1 Å². The summed E-state index contributed by atoms with van der Waals surface area (Å²) in [5.74, 6) is -4.58. The summed E-state index contributed by atoms with van der Waals surface area (Å²) in [4.78, 5) is 38.9. The van der Waals surface area contributed by atoms with Gasteiger partial charge in [-0.1, -0.05) is 19.4 Å². The van der Waals surface area contributed by atoms with Crippen molar-refractivity contribution in [3.63, 3.8) is 0 Å². The van der Waals surface area contributed by atoms with Gasteiger partial charge in [0.25, 0.3) is 0 Å². The first kappa shape index (κ1) is 28.6. The van der Waals surface area contributed by atoms with Gasteiger partial charge in [0.15, 0.2) is 11.4 Å². The smallest absolute Gasteiger partial charge is 0.348 e. The van der Waals surface area contributed by atoms with Crippen molar-refractivity contribution in [1.82, 2.24) is 0 Å². The van der Waals surface area contributed by atoms with Crippen LogP contribution in [0, 0.1) is 72.6 Å². The van der Waals surface area contributed by atoms with Crippen molar-refractivity contribution in [1.29, 1.82) is 0 Å². The first-order valence-corrected chi connectivity index (χ1v) is 12.2. The normalized spacial score (nSPS) is 50.5. The van der Waals surface area contributed by atoms with Gasteiger partial charge in [0.05, 0.1) is 18.6 Å². The standard InChI is InChI=1S/C25H34O10.Ac/c1-6-22(3,32)21(31)35-15-17-24(5)19(29)14(27)16-23(4)11(10(2)7-12(26)18(23)28)8-13(34-20(15)30)25(16,17)9-33-24;/h7,11,13-19,27-29,32H,6,8-9H2,1-5H3;/t11-,13+,14+,15+,16+,17-,18+,19-,22+,23-,24-,25+;/m0./s1. The summed E-state index contributed by atoms with van der Waals surface area (Å²) in [7, 11) is 0. The number of hydrogen-bond acceptors (Lipinski definition) is 10. The Morgan fingerprint density at radius 1 is 1.22 bits per heavy atom. The van der Waals surface area contributed by atoms with Crippen LogP contribution in [0.3, 0.4) is 0 Å². The van der Waals surface area contributed by atoms with E-state index in [0.717, 1.165) is 0 Å². The van der Waals surface area contributed by atoms with E-state index in [1.165, 1.54) is 13.0 Å². The van der Waals surface area contributed by atoms with Gasteiger partial charge < -0.3 is 34.6 Å². The third kappa shape index (κ3) is 3.33. The van der Waals surface area contributed by atoms with E-state index >= 15 is 0 Å². The molecule has 2 saturated carbocycles. The number of carbonyl (C=O) groups is 3. The predicted molar refractivity (Wildman–Crippen MR) is 117 cm³/mol. The Bertz CT molecular complexity index is 1030. The molecule has 3 aliphatic carbocycles. The van der Waals surface area contributed by atoms with Crippen molar-refractivity contribution in [3.8, 4) is 0 Å². The molecule has 11 heteroatoms. The number of hydrogen-bond donors (Lipinski definition) is 4. The second kappa shape index (κ2) is 8.80. The molecule has 12 atom stereocenters. The molecule has 2 bridgehead atoms. The van der Waals surface area contributed by atoms with Crippen LogP contribution in [0.2, 0.25) is 0 Å². The Morgan fingerprint density at radius 2 is 1.86 bits per heavy atom. The number of esters is 2. The minimum absolute atomic E-state index is 0. The van der Waals surface area contributed by atoms with Crippen LogP contribution in [0.4, 0.5) is 0 Å². The molecule has 0 aromatic rings. The molecule has 4 fully saturated rings. The van der Waals surface area contributed by atoms with Crippen LogP contribution < -0.4 is 0 Å². The van der Waals surface area contributed by atoms with Gasteiger partial charge in [0.1, 0.15) is 23.9 Å². The summed E-state index contributed by atoms with van der Waals surface area (Å²) in [6, 6.07) is 0. The fraction of sp³-hybridized carbons (Fsp3) is 0.800. The minimum atomic E-state index is -1.85. The zero-order valence-corrected chi connectivity index (χ0v) is 25.9. The number of ether oxygens (including phenoxy) is 3. The molecule has 10 nitrogen and oxygen atoms in total. The van der Waals surface area contributed by atoms with Crippen molar-refractivity contribution in [2.75, 3.05) is 6.61 Å². The number of fused-ring (bicyclic) bond motifs is 2. The number of rotatable bonds is 3. The van der Waals surface area contributed by atoms with E-state index in [2.05, 4.69) is 0 Å². The second-order valence-corrected chi connectivity index (χ2v) is 11.7. The quantitative estimate of drug-likeness (QED) is 0.284. The zero-order valence-electron chi connectivity index (χ0n) is 21.1. The molecule has 1 spiro atoms. The Kier molecular flexibility index (Phi) is 6.99. The van der Waals surface area contributed by atoms with Gasteiger partial charge in [0, 0.05) is 60.8 Å². The van der Waals surface area contributed by atoms with E-state index in [1.807, 2.05) is 0 Å². The predicted octanol–water partition coefficient (Wildman–Crippen LogP) is -0.356. The summed E-state index contributed by atoms with van der Waals surface area (Å²) in [6.07, 6.45) is -4.94. The maximum atomic E-state index is 13.3. The third-order valence-corrected chi connectivity index (χ3v) is 10.1. The molecular formula is C25H34AcO10. The summed E-state index contributed by atoms with van der Waals surface area (Å²) in [5, 5.41) is 44.5. The molecular weight excluding hydrogens is 687 g/mol. The molecule has 2 aliphatic heterocycles. The van der Waals surface area contributed by atoms with Crippen LogP contribution in [0.15, 0.2) is 11.6 Å². The number of allylic oxidation sites excluding steroid dienone is 1. The molecule has 2 heterocycles. The van der Waals surface area contributed by atoms with Crippen LogP contribution in [0.1, 0.15) is 47.5 Å². The van der Waals surface area contributed by atoms with E-state index in [1.54, 1.807) is 27.7 Å². The number of carbonyl (C=O) groups excluding carboxylic acids is 3. The first-order valence-electron chi connectivity index (χ1n) is 12.2. The number of aliphatic hydroxyl groups is 4. The van der Waals surface area contributed by atoms with E-state index < -0.39 is 88.0 Å². The first-order chi connectivity index (χ1) is 16.2. The molecule has 1 radical (unpaired) electrons. The Hall–Kier alpha value is -0.408. The van der Waals surface area contributed by atoms with Crippen LogP contribution in [-0.4, -0.2) is 86.5 Å². The summed E-state index contributed by atoms with van der Waals surface area (Å²) in [5.41, 5.74) is -4.97. The van der Waals surface area contributed by atoms with Crippen LogP contribution in [0.5, 0.6) is 0 Å². The molecule has 0 unspecified atom stereocenters. The van der Waals surface area contributed by atoms with E-state index in [-0.39, 0.29) is 63.5 Å². The summed E-state index contributed by atoms with van der Waals surface area (Å²) >= 11 is 0. The van der Waals surface area contributed by atoms with Crippen LogP contribution >= 0.6 is 0 Å². The molecule has 0 amide bonds. The van der Waals surface area contributed by atoms with Gasteiger partial charge in [-0.2, -0.15) is 0 Å². The van der Waals surface area contributed by atoms with Crippen LogP contribution in [0.25, 0.3) is 0 Å². The SMILES string of the molecule is CC[C@@](C)(O)C(=O)O[C@H]1C(=O)O[C@@H]2C[C@H]3C(C)=CC(=O)[C@@H](O)[C@]3(C)[C@H]3[C@@H](O)[C@H](O)[C@@]4(C)OC[C@]32[C@@H]14.[Ac]. The molecule has 0 aromatic carbocycles. The second-order valence-electron chi connectivity index (χ2n) is 11.7. The Morgan fingerprint density at radius 3 is 2.47 bits per heavy atom. The topological polar surface area (TPSA) is 160 Å². The number of aliphatic hydroxyl groups excluding tert-OH is 3. The van der Waals surface area contributed by atoms with E-state index in [4.69, 9.17) is 14.2 Å². The fourth-order valence-corrected chi connectivity index (χ4v) is 8.06. The van der Waals surface area contributed by atoms with Crippen molar-refractivity contribution >= 4 is 17.7 Å². The van der Waals surface area contributed by atoms with E-state index in [9.17, 15) is 34.8 Å². The molecule has 197 valence electrons. The van der Waals surface area contributed by atoms with Gasteiger partial charge >= 0.3 is 11.9 Å². The molecule has 36 heavy (non-hydrogen) atoms. The number of ketones is 1. The van der Waals surface area contributed by atoms with Crippen molar-refractivity contribution in [2.24, 2.45) is 28.6 Å². The van der Waals surface area contributed by atoms with Gasteiger partial charge in [-0.3, -0.25) is 4.79 Å². The zero-order chi connectivity index (χ0) is 25.9. The van der Waals surface area contributed by atoms with Gasteiger partial charge in [0.2, 0.25) is 6.10 Å². The van der Waals surface area contributed by atoms with E-state index in [0.29, 0.717) is 5.57 Å². The molecule has 2 saturated heterocycles. The van der Waals surface area contributed by atoms with Crippen LogP contribution in [-0.2, 0) is 28.6 Å². The molecule has 5 aliphatic rings. The maximum absolute atomic E-state index is 13.3. The minimum Gasteiger partial charge on any atom is -0.459 e. The average Bonchev–Trinajstić information content (AvgIpc) is 3.06. The third-order valence-electron chi connectivity index (χ3n) is 10.1. The van der Waals surface area contributed by atoms with Gasteiger partial charge in [-0.05, 0) is 45.6 Å². The van der Waals surface area contributed by atoms with Gasteiger partial charge in [-0.15, -0.1) is 0 Å². The largest absolute Gasteiger partial charge is 0.459 e. The monoisotopic (exact) mass is 721 g/mol. The summed E-state index contributed by atoms with van der Waals surface area (Å²) in [6.45, 7) is 7.90. The molecule has 5 rings (SSSR count). The Labute approximate surface area is 245 Å². The fourth-order valence-electron chi connectivity index (χ4n) is 8.06.